The molecule has 0 aliphatic heterocycles. The quantitative estimate of drug-likeness (QED) is 0.591. The molecule has 144 valence electrons. The highest BCUT2D eigenvalue weighted by Gasteiger charge is 2.26. The van der Waals surface area contributed by atoms with Gasteiger partial charge in [0.25, 0.3) is 0 Å². The van der Waals surface area contributed by atoms with Crippen LogP contribution in [-0.2, 0) is 16.1 Å². The van der Waals surface area contributed by atoms with E-state index < -0.39 is 12.1 Å². The molecule has 27 heavy (non-hydrogen) atoms. The van der Waals surface area contributed by atoms with Crippen LogP contribution in [0, 0.1) is 5.92 Å². The molecule has 0 saturated carbocycles. The zero-order valence-corrected chi connectivity index (χ0v) is 17.5. The number of rotatable bonds is 7. The van der Waals surface area contributed by atoms with Crippen molar-refractivity contribution in [1.82, 2.24) is 5.32 Å². The Balaban J connectivity index is 1.99. The number of benzene rings is 2. The lowest BCUT2D eigenvalue weighted by molar-refractivity contribution is -0.119. The van der Waals surface area contributed by atoms with Crippen LogP contribution < -0.4 is 10.6 Å². The van der Waals surface area contributed by atoms with Crippen molar-refractivity contribution in [2.75, 3.05) is 5.32 Å². The molecule has 2 aromatic rings. The van der Waals surface area contributed by atoms with Gasteiger partial charge in [0, 0.05) is 10.2 Å². The summed E-state index contributed by atoms with van der Waals surface area (Å²) in [5.41, 5.74) is 1.47. The minimum Gasteiger partial charge on any atom is -0.445 e. The molecule has 0 saturated heterocycles. The van der Waals surface area contributed by atoms with Crippen LogP contribution in [0.15, 0.2) is 53.0 Å². The number of carbonyl (C=O) groups is 2. The summed E-state index contributed by atoms with van der Waals surface area (Å²) in [6, 6.07) is 13.7. The summed E-state index contributed by atoms with van der Waals surface area (Å²) in [4.78, 5) is 24.9. The zero-order chi connectivity index (χ0) is 19.8. The van der Waals surface area contributed by atoms with E-state index in [1.807, 2.05) is 44.2 Å². The second-order valence-electron chi connectivity index (χ2n) is 6.19. The second-order valence-corrected chi connectivity index (χ2v) is 7.45. The Hall–Kier alpha value is -2.05. The van der Waals surface area contributed by atoms with Gasteiger partial charge in [-0.2, -0.15) is 0 Å². The molecule has 0 fully saturated rings. The number of carbonyl (C=O) groups excluding carboxylic acids is 2. The molecule has 2 amide bonds. The first kappa shape index (κ1) is 21.3. The molecular formula is C20H22BrClN2O3. The summed E-state index contributed by atoms with van der Waals surface area (Å²) < 4.78 is 5.91. The van der Waals surface area contributed by atoms with Gasteiger partial charge in [-0.1, -0.05) is 62.2 Å². The SMILES string of the molecule is CC[C@H](C)[C@H](NC(=O)OCc1ccccc1)C(=O)Nc1ccc(Cl)c(Br)c1. The standard InChI is InChI=1S/C20H22BrClN2O3/c1-3-13(2)18(19(25)23-15-9-10-17(22)16(21)11-15)24-20(26)27-12-14-7-5-4-6-8-14/h4-11,13,18H,3,12H2,1-2H3,(H,23,25)(H,24,26)/t13-,18-/m0/s1. The topological polar surface area (TPSA) is 67.4 Å². The molecule has 7 heteroatoms. The summed E-state index contributed by atoms with van der Waals surface area (Å²) in [6.07, 6.45) is 0.0954. The number of hydrogen-bond donors (Lipinski definition) is 2. The van der Waals surface area contributed by atoms with Gasteiger partial charge in [-0.25, -0.2) is 4.79 Å². The van der Waals surface area contributed by atoms with E-state index in [1.54, 1.807) is 18.2 Å². The monoisotopic (exact) mass is 452 g/mol. The fourth-order valence-corrected chi connectivity index (χ4v) is 2.88. The van der Waals surface area contributed by atoms with Crippen LogP contribution in [0.4, 0.5) is 10.5 Å². The Labute approximate surface area is 172 Å². The van der Waals surface area contributed by atoms with Gasteiger partial charge in [0.15, 0.2) is 0 Å². The fourth-order valence-electron chi connectivity index (χ4n) is 2.39. The first-order valence-corrected chi connectivity index (χ1v) is 9.81. The van der Waals surface area contributed by atoms with Crippen molar-refractivity contribution in [3.05, 3.63) is 63.6 Å². The molecule has 0 heterocycles. The molecule has 0 bridgehead atoms. The molecule has 0 aliphatic rings. The van der Waals surface area contributed by atoms with E-state index in [1.165, 1.54) is 0 Å². The molecule has 0 unspecified atom stereocenters. The van der Waals surface area contributed by atoms with Gasteiger partial charge in [0.1, 0.15) is 12.6 Å². The van der Waals surface area contributed by atoms with Crippen LogP contribution in [0.2, 0.25) is 5.02 Å². The van der Waals surface area contributed by atoms with Crippen LogP contribution in [0.5, 0.6) is 0 Å². The second kappa shape index (κ2) is 10.3. The molecule has 0 aromatic heterocycles. The van der Waals surface area contributed by atoms with Gasteiger partial charge in [0.05, 0.1) is 5.02 Å². The third kappa shape index (κ3) is 6.56. The van der Waals surface area contributed by atoms with Crippen molar-refractivity contribution in [2.45, 2.75) is 32.9 Å². The highest BCUT2D eigenvalue weighted by molar-refractivity contribution is 9.10. The third-order valence-corrected chi connectivity index (χ3v) is 5.38. The van der Waals surface area contributed by atoms with E-state index >= 15 is 0 Å². The summed E-state index contributed by atoms with van der Waals surface area (Å²) >= 11 is 9.30. The van der Waals surface area contributed by atoms with Crippen LogP contribution in [0.25, 0.3) is 0 Å². The Morgan fingerprint density at radius 3 is 2.52 bits per heavy atom. The Morgan fingerprint density at radius 2 is 1.89 bits per heavy atom. The Bertz CT molecular complexity index is 786. The minimum absolute atomic E-state index is 0.0648. The molecule has 2 atom stereocenters. The van der Waals surface area contributed by atoms with Gasteiger partial charge in [-0.3, -0.25) is 4.79 Å². The molecule has 0 radical (unpaired) electrons. The number of amides is 2. The van der Waals surface area contributed by atoms with Gasteiger partial charge in [0.2, 0.25) is 5.91 Å². The van der Waals surface area contributed by atoms with Gasteiger partial charge in [-0.15, -0.1) is 0 Å². The van der Waals surface area contributed by atoms with Crippen LogP contribution >= 0.6 is 27.5 Å². The number of anilines is 1. The van der Waals surface area contributed by atoms with E-state index in [2.05, 4.69) is 26.6 Å². The summed E-state index contributed by atoms with van der Waals surface area (Å²) in [5, 5.41) is 6.03. The summed E-state index contributed by atoms with van der Waals surface area (Å²) in [5.74, 6) is -0.375. The maximum absolute atomic E-state index is 12.7. The Morgan fingerprint density at radius 1 is 1.19 bits per heavy atom. The third-order valence-electron chi connectivity index (χ3n) is 4.17. The fraction of sp³-hybridized carbons (Fsp3) is 0.300. The number of halogens is 2. The molecular weight excluding hydrogens is 432 g/mol. The molecule has 2 rings (SSSR count). The maximum Gasteiger partial charge on any atom is 0.408 e. The maximum atomic E-state index is 12.7. The lowest BCUT2D eigenvalue weighted by Gasteiger charge is -2.23. The van der Waals surface area contributed by atoms with Crippen molar-refractivity contribution in [2.24, 2.45) is 5.92 Å². The largest absolute Gasteiger partial charge is 0.445 e. The number of alkyl carbamates (subject to hydrolysis) is 1. The summed E-state index contributed by atoms with van der Waals surface area (Å²) in [7, 11) is 0. The first-order valence-electron chi connectivity index (χ1n) is 8.63. The predicted octanol–water partition coefficient (Wildman–Crippen LogP) is 5.38. The zero-order valence-electron chi connectivity index (χ0n) is 15.2. The smallest absolute Gasteiger partial charge is 0.408 e. The van der Waals surface area contributed by atoms with Gasteiger partial charge in [-0.05, 0) is 45.6 Å². The first-order chi connectivity index (χ1) is 12.9. The summed E-state index contributed by atoms with van der Waals surface area (Å²) in [6.45, 7) is 4.01. The lowest BCUT2D eigenvalue weighted by Crippen LogP contribution is -2.47. The predicted molar refractivity (Wildman–Crippen MR) is 111 cm³/mol. The average Bonchev–Trinajstić information content (AvgIpc) is 2.67. The van der Waals surface area contributed by atoms with E-state index in [0.29, 0.717) is 15.2 Å². The molecule has 2 N–H and O–H groups in total. The van der Waals surface area contributed by atoms with E-state index in [0.717, 1.165) is 12.0 Å². The number of nitrogens with one attached hydrogen (secondary N) is 2. The van der Waals surface area contributed by atoms with Gasteiger partial charge < -0.3 is 15.4 Å². The van der Waals surface area contributed by atoms with E-state index in [4.69, 9.17) is 16.3 Å². The Kier molecular flexibility index (Phi) is 8.13. The van der Waals surface area contributed by atoms with Crippen molar-refractivity contribution < 1.29 is 14.3 Å². The van der Waals surface area contributed by atoms with Crippen molar-refractivity contribution in [3.63, 3.8) is 0 Å². The van der Waals surface area contributed by atoms with Crippen molar-refractivity contribution >= 4 is 45.2 Å². The van der Waals surface area contributed by atoms with Crippen LogP contribution in [0.1, 0.15) is 25.8 Å². The van der Waals surface area contributed by atoms with Crippen LogP contribution in [-0.4, -0.2) is 18.0 Å². The highest BCUT2D eigenvalue weighted by Crippen LogP contribution is 2.25. The number of hydrogen-bond acceptors (Lipinski definition) is 3. The molecule has 0 aliphatic carbocycles. The van der Waals surface area contributed by atoms with Crippen LogP contribution in [0.3, 0.4) is 0 Å². The van der Waals surface area contributed by atoms with E-state index in [-0.39, 0.29) is 18.4 Å². The lowest BCUT2D eigenvalue weighted by atomic mass is 9.98. The van der Waals surface area contributed by atoms with Crippen molar-refractivity contribution in [3.8, 4) is 0 Å². The molecule has 0 spiro atoms. The number of ether oxygens (including phenoxy) is 1. The van der Waals surface area contributed by atoms with E-state index in [9.17, 15) is 9.59 Å². The molecule has 5 nitrogen and oxygen atoms in total. The minimum atomic E-state index is -0.715. The van der Waals surface area contributed by atoms with Gasteiger partial charge >= 0.3 is 6.09 Å². The van der Waals surface area contributed by atoms with Crippen molar-refractivity contribution in [1.29, 1.82) is 0 Å². The normalized spacial score (nSPS) is 12.7. The highest BCUT2D eigenvalue weighted by atomic mass is 79.9. The molecule has 2 aromatic carbocycles. The average molecular weight is 454 g/mol.